The van der Waals surface area contributed by atoms with Crippen LogP contribution in [0.5, 0.6) is 0 Å². The van der Waals surface area contributed by atoms with Gasteiger partial charge in [0.1, 0.15) is 6.33 Å². The first-order chi connectivity index (χ1) is 11.1. The van der Waals surface area contributed by atoms with Crippen LogP contribution >= 0.6 is 11.8 Å². The van der Waals surface area contributed by atoms with Crippen molar-refractivity contribution in [2.75, 3.05) is 19.5 Å². The SMILES string of the molecule is CCCCOC(=O)n1cnc(CSCNC(=NC)NC#N)c1C. The Morgan fingerprint density at radius 2 is 2.39 bits per heavy atom. The number of unbranched alkanes of at least 4 members (excludes halogenated alkanes) is 1. The number of nitriles is 1. The number of hydrogen-bond acceptors (Lipinski definition) is 6. The number of nitrogens with one attached hydrogen (secondary N) is 2. The van der Waals surface area contributed by atoms with E-state index in [0.29, 0.717) is 24.2 Å². The molecule has 0 aliphatic heterocycles. The molecule has 126 valence electrons. The van der Waals surface area contributed by atoms with Gasteiger partial charge in [-0.3, -0.25) is 10.3 Å². The highest BCUT2D eigenvalue weighted by molar-refractivity contribution is 7.98. The second kappa shape index (κ2) is 10.5. The van der Waals surface area contributed by atoms with Gasteiger partial charge in [0.2, 0.25) is 5.96 Å². The van der Waals surface area contributed by atoms with E-state index in [1.54, 1.807) is 25.0 Å². The molecule has 0 unspecified atom stereocenters. The number of guanidine groups is 1. The van der Waals surface area contributed by atoms with Gasteiger partial charge < -0.3 is 10.1 Å². The van der Waals surface area contributed by atoms with Crippen LogP contribution in [0.3, 0.4) is 0 Å². The van der Waals surface area contributed by atoms with Gasteiger partial charge in [-0.1, -0.05) is 13.3 Å². The molecule has 0 saturated carbocycles. The lowest BCUT2D eigenvalue weighted by atomic mass is 10.4. The summed E-state index contributed by atoms with van der Waals surface area (Å²) in [5.74, 6) is 1.62. The second-order valence-electron chi connectivity index (χ2n) is 4.59. The van der Waals surface area contributed by atoms with Crippen LogP contribution in [0.15, 0.2) is 11.3 Å². The Kier molecular flexibility index (Phi) is 8.60. The molecule has 0 radical (unpaired) electrons. The third kappa shape index (κ3) is 6.20. The van der Waals surface area contributed by atoms with Crippen LogP contribution in [-0.4, -0.2) is 41.1 Å². The third-order valence-electron chi connectivity index (χ3n) is 3.01. The molecule has 0 fully saturated rings. The number of nitrogens with zero attached hydrogens (tertiary/aromatic N) is 4. The number of aliphatic imine (C=N–C) groups is 1. The third-order valence-corrected chi connectivity index (χ3v) is 3.83. The maximum Gasteiger partial charge on any atom is 0.419 e. The van der Waals surface area contributed by atoms with Crippen molar-refractivity contribution >= 4 is 23.8 Å². The standard InChI is InChI=1S/C14H22N6O2S/c1-4-5-6-22-14(21)20-9-18-12(11(20)2)7-23-10-19-13(16-3)17-8-15/h9H,4-7,10H2,1-3H3,(H2,16,17,19). The van der Waals surface area contributed by atoms with E-state index in [-0.39, 0.29) is 0 Å². The van der Waals surface area contributed by atoms with Gasteiger partial charge in [-0.2, -0.15) is 5.26 Å². The van der Waals surface area contributed by atoms with Crippen LogP contribution in [0.1, 0.15) is 31.2 Å². The highest BCUT2D eigenvalue weighted by Crippen LogP contribution is 2.14. The Morgan fingerprint density at radius 3 is 3.04 bits per heavy atom. The molecule has 0 bridgehead atoms. The lowest BCUT2D eigenvalue weighted by Crippen LogP contribution is -2.33. The average molecular weight is 338 g/mol. The minimum atomic E-state index is -0.392. The summed E-state index contributed by atoms with van der Waals surface area (Å²) in [6, 6.07) is 0. The molecule has 0 amide bonds. The Hall–Kier alpha value is -2.21. The number of rotatable bonds is 7. The first kappa shape index (κ1) is 18.8. The molecule has 23 heavy (non-hydrogen) atoms. The fourth-order valence-electron chi connectivity index (χ4n) is 1.64. The molecule has 0 saturated heterocycles. The lowest BCUT2D eigenvalue weighted by Gasteiger charge is -2.07. The van der Waals surface area contributed by atoms with Gasteiger partial charge >= 0.3 is 6.09 Å². The highest BCUT2D eigenvalue weighted by Gasteiger charge is 2.13. The van der Waals surface area contributed by atoms with Gasteiger partial charge in [0.05, 0.1) is 18.2 Å². The van der Waals surface area contributed by atoms with Crippen molar-refractivity contribution in [1.82, 2.24) is 20.2 Å². The number of hydrogen-bond donors (Lipinski definition) is 2. The van der Waals surface area contributed by atoms with Crippen LogP contribution in [-0.2, 0) is 10.5 Å². The van der Waals surface area contributed by atoms with Gasteiger partial charge in [-0.15, -0.1) is 11.8 Å². The van der Waals surface area contributed by atoms with E-state index in [9.17, 15) is 4.79 Å². The van der Waals surface area contributed by atoms with Crippen molar-refractivity contribution < 1.29 is 9.53 Å². The Labute approximate surface area is 140 Å². The van der Waals surface area contributed by atoms with Gasteiger partial charge in [0, 0.05) is 18.5 Å². The Balaban J connectivity index is 2.44. The Bertz CT molecular complexity index is 578. The van der Waals surface area contributed by atoms with Crippen molar-refractivity contribution in [3.05, 3.63) is 17.7 Å². The summed E-state index contributed by atoms with van der Waals surface area (Å²) in [7, 11) is 1.59. The first-order valence-corrected chi connectivity index (χ1v) is 8.42. The molecule has 2 N–H and O–H groups in total. The zero-order valence-corrected chi connectivity index (χ0v) is 14.4. The first-order valence-electron chi connectivity index (χ1n) is 7.27. The molecule has 8 nitrogen and oxygen atoms in total. The highest BCUT2D eigenvalue weighted by atomic mass is 32.2. The second-order valence-corrected chi connectivity index (χ2v) is 5.58. The summed E-state index contributed by atoms with van der Waals surface area (Å²) >= 11 is 1.57. The molecular weight excluding hydrogens is 316 g/mol. The summed E-state index contributed by atoms with van der Waals surface area (Å²) in [6.07, 6.45) is 4.73. The minimum absolute atomic E-state index is 0.392. The topological polar surface area (TPSA) is 104 Å². The maximum absolute atomic E-state index is 11.9. The fourth-order valence-corrected chi connectivity index (χ4v) is 2.46. The molecule has 1 heterocycles. The summed E-state index contributed by atoms with van der Waals surface area (Å²) in [4.78, 5) is 20.0. The molecule has 0 aromatic carbocycles. The Morgan fingerprint density at radius 1 is 1.61 bits per heavy atom. The summed E-state index contributed by atoms with van der Waals surface area (Å²) in [5, 5.41) is 13.9. The largest absolute Gasteiger partial charge is 0.449 e. The summed E-state index contributed by atoms with van der Waals surface area (Å²) in [6.45, 7) is 4.31. The molecule has 0 aliphatic rings. The van der Waals surface area contributed by atoms with Crippen molar-refractivity contribution in [3.63, 3.8) is 0 Å². The zero-order valence-electron chi connectivity index (χ0n) is 13.6. The zero-order chi connectivity index (χ0) is 17.1. The summed E-state index contributed by atoms with van der Waals surface area (Å²) in [5.41, 5.74) is 1.60. The van der Waals surface area contributed by atoms with Crippen LogP contribution < -0.4 is 10.6 Å². The van der Waals surface area contributed by atoms with Gasteiger partial charge in [0.15, 0.2) is 6.19 Å². The van der Waals surface area contributed by atoms with Crippen LogP contribution in [0.2, 0.25) is 0 Å². The molecule has 0 atom stereocenters. The van der Waals surface area contributed by atoms with Crippen molar-refractivity contribution in [2.45, 2.75) is 32.4 Å². The van der Waals surface area contributed by atoms with Gasteiger partial charge in [-0.25, -0.2) is 14.3 Å². The number of imidazole rings is 1. The van der Waals surface area contributed by atoms with E-state index in [2.05, 4.69) is 20.6 Å². The number of carbonyl (C=O) groups is 1. The monoisotopic (exact) mass is 338 g/mol. The number of aromatic nitrogens is 2. The molecule has 1 rings (SSSR count). The van der Waals surface area contributed by atoms with Crippen LogP contribution in [0.4, 0.5) is 4.79 Å². The lowest BCUT2D eigenvalue weighted by molar-refractivity contribution is 0.145. The molecule has 1 aromatic heterocycles. The van der Waals surface area contributed by atoms with E-state index in [4.69, 9.17) is 10.00 Å². The predicted octanol–water partition coefficient (Wildman–Crippen LogP) is 1.81. The quantitative estimate of drug-likeness (QED) is 0.195. The number of carbonyl (C=O) groups excluding carboxylic acids is 1. The fraction of sp³-hybridized carbons (Fsp3) is 0.571. The maximum atomic E-state index is 11.9. The predicted molar refractivity (Wildman–Crippen MR) is 90.0 cm³/mol. The molecule has 0 aliphatic carbocycles. The van der Waals surface area contributed by atoms with Crippen molar-refractivity contribution in [2.24, 2.45) is 4.99 Å². The molecular formula is C14H22N6O2S. The summed E-state index contributed by atoms with van der Waals surface area (Å²) < 4.78 is 6.60. The van der Waals surface area contributed by atoms with E-state index in [0.717, 1.165) is 24.2 Å². The van der Waals surface area contributed by atoms with Gasteiger partial charge in [0.25, 0.3) is 0 Å². The van der Waals surface area contributed by atoms with Crippen LogP contribution in [0, 0.1) is 18.4 Å². The van der Waals surface area contributed by atoms with E-state index in [1.165, 1.54) is 10.9 Å². The number of ether oxygens (including phenoxy) is 1. The van der Waals surface area contributed by atoms with Crippen molar-refractivity contribution in [1.29, 1.82) is 5.26 Å². The van der Waals surface area contributed by atoms with Crippen molar-refractivity contribution in [3.8, 4) is 6.19 Å². The molecule has 0 spiro atoms. The molecule has 9 heteroatoms. The van der Waals surface area contributed by atoms with E-state index < -0.39 is 6.09 Å². The van der Waals surface area contributed by atoms with E-state index in [1.807, 2.05) is 13.8 Å². The number of thioether (sulfide) groups is 1. The normalized spacial score (nSPS) is 11.0. The van der Waals surface area contributed by atoms with Crippen LogP contribution in [0.25, 0.3) is 0 Å². The smallest absolute Gasteiger partial charge is 0.419 e. The van der Waals surface area contributed by atoms with Gasteiger partial charge in [-0.05, 0) is 13.3 Å². The minimum Gasteiger partial charge on any atom is -0.449 e. The van der Waals surface area contributed by atoms with E-state index >= 15 is 0 Å². The average Bonchev–Trinajstić information content (AvgIpc) is 2.91. The molecule has 1 aromatic rings.